The van der Waals surface area contributed by atoms with Crippen molar-refractivity contribution in [2.75, 3.05) is 19.6 Å². The molecule has 0 aliphatic carbocycles. The standard InChI is InChI=1S/C18H35N/c1-4-7-8-9-10-11-12-13-14-15-18-19(16-5-2)17-6-3/h5-6H,2-4,7-18H2,1H3/p+1. The maximum Gasteiger partial charge on any atom is 0.0957 e. The largest absolute Gasteiger partial charge is 0.328 e. The fraction of sp³-hybridized carbons (Fsp3) is 0.778. The first-order chi connectivity index (χ1) is 9.35. The summed E-state index contributed by atoms with van der Waals surface area (Å²) in [7, 11) is 0. The summed E-state index contributed by atoms with van der Waals surface area (Å²) >= 11 is 0. The molecule has 0 saturated heterocycles. The Bertz CT molecular complexity index is 188. The van der Waals surface area contributed by atoms with E-state index in [1.807, 2.05) is 12.2 Å². The van der Waals surface area contributed by atoms with Crippen LogP contribution in [-0.2, 0) is 0 Å². The molecule has 0 aromatic rings. The molecule has 0 aromatic heterocycles. The molecule has 0 amide bonds. The lowest BCUT2D eigenvalue weighted by Crippen LogP contribution is -3.11. The van der Waals surface area contributed by atoms with Crippen LogP contribution in [0.1, 0.15) is 71.1 Å². The number of unbranched alkanes of at least 4 members (excludes halogenated alkanes) is 9. The van der Waals surface area contributed by atoms with Crippen molar-refractivity contribution in [3.63, 3.8) is 0 Å². The van der Waals surface area contributed by atoms with Gasteiger partial charge < -0.3 is 4.90 Å². The SMILES string of the molecule is C=CC[NH+](CC=C)CCCCCCCCCCCC. The zero-order valence-corrected chi connectivity index (χ0v) is 13.3. The zero-order chi connectivity index (χ0) is 14.2. The molecule has 0 heterocycles. The van der Waals surface area contributed by atoms with Crippen molar-refractivity contribution in [2.24, 2.45) is 0 Å². The van der Waals surface area contributed by atoms with Gasteiger partial charge in [-0.1, -0.05) is 71.4 Å². The van der Waals surface area contributed by atoms with Crippen molar-refractivity contribution < 1.29 is 4.90 Å². The molecule has 0 unspecified atom stereocenters. The van der Waals surface area contributed by atoms with Crippen molar-refractivity contribution in [3.8, 4) is 0 Å². The van der Waals surface area contributed by atoms with Gasteiger partial charge in [0, 0.05) is 0 Å². The fourth-order valence-electron chi connectivity index (χ4n) is 2.56. The highest BCUT2D eigenvalue weighted by atomic mass is 15.1. The van der Waals surface area contributed by atoms with Crippen LogP contribution < -0.4 is 4.90 Å². The van der Waals surface area contributed by atoms with Crippen LogP contribution in [0, 0.1) is 0 Å². The Hall–Kier alpha value is -0.560. The smallest absolute Gasteiger partial charge is 0.0957 e. The van der Waals surface area contributed by atoms with E-state index in [4.69, 9.17) is 0 Å². The molecule has 1 N–H and O–H groups in total. The summed E-state index contributed by atoms with van der Waals surface area (Å²) in [5.74, 6) is 0. The molecule has 0 rings (SSSR count). The highest BCUT2D eigenvalue weighted by Gasteiger charge is 2.02. The Labute approximate surface area is 121 Å². The van der Waals surface area contributed by atoms with E-state index < -0.39 is 0 Å². The fourth-order valence-corrected chi connectivity index (χ4v) is 2.56. The van der Waals surface area contributed by atoms with Crippen LogP contribution in [0.15, 0.2) is 25.3 Å². The van der Waals surface area contributed by atoms with E-state index in [2.05, 4.69) is 20.1 Å². The number of nitrogens with one attached hydrogen (secondary N) is 1. The molecule has 0 radical (unpaired) electrons. The summed E-state index contributed by atoms with van der Waals surface area (Å²) in [5.41, 5.74) is 0. The van der Waals surface area contributed by atoms with Crippen LogP contribution >= 0.6 is 0 Å². The molecule has 0 bridgehead atoms. The lowest BCUT2D eigenvalue weighted by molar-refractivity contribution is -0.888. The molecule has 0 aliphatic heterocycles. The summed E-state index contributed by atoms with van der Waals surface area (Å²) in [4.78, 5) is 1.60. The van der Waals surface area contributed by atoms with Crippen LogP contribution in [0.2, 0.25) is 0 Å². The Morgan fingerprint density at radius 1 is 0.684 bits per heavy atom. The van der Waals surface area contributed by atoms with E-state index >= 15 is 0 Å². The lowest BCUT2D eigenvalue weighted by atomic mass is 10.1. The second-order valence-electron chi connectivity index (χ2n) is 5.67. The number of hydrogen-bond donors (Lipinski definition) is 1. The highest BCUT2D eigenvalue weighted by Crippen LogP contribution is 2.09. The van der Waals surface area contributed by atoms with Gasteiger partial charge in [0.05, 0.1) is 19.6 Å². The zero-order valence-electron chi connectivity index (χ0n) is 13.3. The number of rotatable bonds is 15. The first-order valence-corrected chi connectivity index (χ1v) is 8.40. The van der Waals surface area contributed by atoms with Crippen molar-refractivity contribution in [3.05, 3.63) is 25.3 Å². The molecule has 0 spiro atoms. The van der Waals surface area contributed by atoms with E-state index in [1.165, 1.54) is 70.8 Å². The summed E-state index contributed by atoms with van der Waals surface area (Å²) < 4.78 is 0. The molecule has 0 atom stereocenters. The van der Waals surface area contributed by atoms with Crippen LogP contribution in [0.25, 0.3) is 0 Å². The highest BCUT2D eigenvalue weighted by molar-refractivity contribution is 4.67. The molecule has 0 saturated carbocycles. The molecule has 19 heavy (non-hydrogen) atoms. The molecule has 0 fully saturated rings. The van der Waals surface area contributed by atoms with E-state index in [-0.39, 0.29) is 0 Å². The van der Waals surface area contributed by atoms with Gasteiger partial charge in [-0.3, -0.25) is 0 Å². The van der Waals surface area contributed by atoms with Crippen LogP contribution in [-0.4, -0.2) is 19.6 Å². The van der Waals surface area contributed by atoms with Crippen molar-refractivity contribution in [2.45, 2.75) is 71.1 Å². The average Bonchev–Trinajstić information content (AvgIpc) is 2.41. The molecular formula is C18H36N+. The van der Waals surface area contributed by atoms with Gasteiger partial charge in [-0.05, 0) is 25.0 Å². The van der Waals surface area contributed by atoms with Gasteiger partial charge >= 0.3 is 0 Å². The molecule has 0 aliphatic rings. The second-order valence-corrected chi connectivity index (χ2v) is 5.67. The minimum Gasteiger partial charge on any atom is -0.328 e. The predicted molar refractivity (Wildman–Crippen MR) is 87.8 cm³/mol. The van der Waals surface area contributed by atoms with Gasteiger partial charge in [0.15, 0.2) is 0 Å². The van der Waals surface area contributed by atoms with E-state index in [0.717, 1.165) is 13.1 Å². The van der Waals surface area contributed by atoms with Gasteiger partial charge in [0.1, 0.15) is 0 Å². The lowest BCUT2D eigenvalue weighted by Gasteiger charge is -2.15. The van der Waals surface area contributed by atoms with Gasteiger partial charge in [0.2, 0.25) is 0 Å². The molecule has 1 nitrogen and oxygen atoms in total. The third-order valence-electron chi connectivity index (χ3n) is 3.75. The summed E-state index contributed by atoms with van der Waals surface area (Å²) in [5, 5.41) is 0. The quantitative estimate of drug-likeness (QED) is 0.335. The minimum absolute atomic E-state index is 1.07. The van der Waals surface area contributed by atoms with E-state index in [9.17, 15) is 0 Å². The topological polar surface area (TPSA) is 4.44 Å². The van der Waals surface area contributed by atoms with Gasteiger partial charge in [-0.25, -0.2) is 0 Å². The first kappa shape index (κ1) is 18.4. The Morgan fingerprint density at radius 2 is 1.11 bits per heavy atom. The second kappa shape index (κ2) is 15.5. The molecule has 1 heteroatoms. The van der Waals surface area contributed by atoms with Crippen molar-refractivity contribution in [1.82, 2.24) is 0 Å². The maximum atomic E-state index is 3.83. The molecular weight excluding hydrogens is 230 g/mol. The van der Waals surface area contributed by atoms with Crippen molar-refractivity contribution in [1.29, 1.82) is 0 Å². The Kier molecular flexibility index (Phi) is 15.0. The normalized spacial score (nSPS) is 10.8. The molecule has 0 aromatic carbocycles. The summed E-state index contributed by atoms with van der Waals surface area (Å²) in [6, 6.07) is 0. The third kappa shape index (κ3) is 13.7. The Morgan fingerprint density at radius 3 is 1.53 bits per heavy atom. The minimum atomic E-state index is 1.07. The van der Waals surface area contributed by atoms with Gasteiger partial charge in [0.25, 0.3) is 0 Å². The maximum absolute atomic E-state index is 3.83. The van der Waals surface area contributed by atoms with Gasteiger partial charge in [-0.2, -0.15) is 0 Å². The van der Waals surface area contributed by atoms with E-state index in [0.29, 0.717) is 0 Å². The molecule has 112 valence electrons. The van der Waals surface area contributed by atoms with Crippen LogP contribution in [0.3, 0.4) is 0 Å². The third-order valence-corrected chi connectivity index (χ3v) is 3.75. The first-order valence-electron chi connectivity index (χ1n) is 8.40. The monoisotopic (exact) mass is 266 g/mol. The predicted octanol–water partition coefficient (Wildman–Crippen LogP) is 4.16. The van der Waals surface area contributed by atoms with Crippen molar-refractivity contribution >= 4 is 0 Å². The Balaban J connectivity index is 3.24. The average molecular weight is 266 g/mol. The number of quaternary nitrogens is 1. The van der Waals surface area contributed by atoms with E-state index in [1.54, 1.807) is 4.90 Å². The number of hydrogen-bond acceptors (Lipinski definition) is 0. The summed E-state index contributed by atoms with van der Waals surface area (Å²) in [6.07, 6.45) is 18.2. The van der Waals surface area contributed by atoms with Gasteiger partial charge in [-0.15, -0.1) is 0 Å². The van der Waals surface area contributed by atoms with Crippen LogP contribution in [0.5, 0.6) is 0 Å². The van der Waals surface area contributed by atoms with Crippen LogP contribution in [0.4, 0.5) is 0 Å². The summed E-state index contributed by atoms with van der Waals surface area (Å²) in [6.45, 7) is 13.4.